The number of aliphatic hydroxyl groups is 1. The molecule has 0 radical (unpaired) electrons. The molecule has 1 aromatic carbocycles. The first-order valence-electron chi connectivity index (χ1n) is 5.04. The summed E-state index contributed by atoms with van der Waals surface area (Å²) < 4.78 is 12.7. The third-order valence-electron chi connectivity index (χ3n) is 2.64. The van der Waals surface area contributed by atoms with E-state index in [0.29, 0.717) is 13.0 Å². The third kappa shape index (κ3) is 1.99. The van der Waals surface area contributed by atoms with E-state index in [-0.39, 0.29) is 23.8 Å². The van der Waals surface area contributed by atoms with Crippen LogP contribution in [0.5, 0.6) is 5.75 Å². The molecule has 0 aromatic heterocycles. The van der Waals surface area contributed by atoms with Gasteiger partial charge in [-0.15, -0.1) is 0 Å². The number of carbonyl (C=O) groups excluding carboxylic acids is 1. The van der Waals surface area contributed by atoms with E-state index < -0.39 is 11.9 Å². The molecule has 16 heavy (non-hydrogen) atoms. The Hall–Kier alpha value is -1.62. The van der Waals surface area contributed by atoms with Gasteiger partial charge in [0, 0.05) is 19.2 Å². The van der Waals surface area contributed by atoms with E-state index in [2.05, 4.69) is 0 Å². The number of nitrogens with zero attached hydrogens (tertiary/aromatic N) is 1. The molecule has 0 bridgehead atoms. The van der Waals surface area contributed by atoms with Gasteiger partial charge in [0.25, 0.3) is 5.91 Å². The number of hydrogen-bond donors (Lipinski definition) is 2. The number of benzene rings is 1. The van der Waals surface area contributed by atoms with Crippen LogP contribution in [0.2, 0.25) is 0 Å². The molecular weight excluding hydrogens is 213 g/mol. The highest BCUT2D eigenvalue weighted by Crippen LogP contribution is 2.22. The monoisotopic (exact) mass is 225 g/mol. The number of rotatable bonds is 1. The van der Waals surface area contributed by atoms with E-state index in [4.69, 9.17) is 0 Å². The third-order valence-corrected chi connectivity index (χ3v) is 2.64. The van der Waals surface area contributed by atoms with Gasteiger partial charge in [0.15, 0.2) is 0 Å². The Kier molecular flexibility index (Phi) is 2.78. The van der Waals surface area contributed by atoms with Gasteiger partial charge in [-0.1, -0.05) is 0 Å². The number of aliphatic hydroxyl groups excluding tert-OH is 1. The lowest BCUT2D eigenvalue weighted by molar-refractivity contribution is 0.0762. The Balaban J connectivity index is 2.21. The van der Waals surface area contributed by atoms with E-state index in [9.17, 15) is 19.4 Å². The smallest absolute Gasteiger partial charge is 0.257 e. The van der Waals surface area contributed by atoms with Crippen molar-refractivity contribution in [3.63, 3.8) is 0 Å². The molecule has 4 nitrogen and oxygen atoms in total. The molecule has 86 valence electrons. The quantitative estimate of drug-likeness (QED) is 0.741. The standard InChI is InChI=1S/C11H12FNO3/c12-7-1-2-9(10(15)5-7)11(16)13-4-3-8(14)6-13/h1-2,5,8,14-15H,3-4,6H2. The van der Waals surface area contributed by atoms with Crippen molar-refractivity contribution in [1.29, 1.82) is 0 Å². The summed E-state index contributed by atoms with van der Waals surface area (Å²) >= 11 is 0. The van der Waals surface area contributed by atoms with Crippen LogP contribution < -0.4 is 0 Å². The SMILES string of the molecule is O=C(c1ccc(F)cc1O)N1CCC(O)C1. The van der Waals surface area contributed by atoms with Gasteiger partial charge in [0.2, 0.25) is 0 Å². The van der Waals surface area contributed by atoms with Gasteiger partial charge in [0.05, 0.1) is 11.7 Å². The van der Waals surface area contributed by atoms with Crippen molar-refractivity contribution in [1.82, 2.24) is 4.90 Å². The van der Waals surface area contributed by atoms with Crippen molar-refractivity contribution < 1.29 is 19.4 Å². The van der Waals surface area contributed by atoms with Crippen LogP contribution in [-0.2, 0) is 0 Å². The van der Waals surface area contributed by atoms with Gasteiger partial charge in [-0.25, -0.2) is 4.39 Å². The first-order valence-corrected chi connectivity index (χ1v) is 5.04. The van der Waals surface area contributed by atoms with Crippen molar-refractivity contribution in [3.8, 4) is 5.75 Å². The zero-order valence-electron chi connectivity index (χ0n) is 8.56. The Morgan fingerprint density at radius 3 is 2.81 bits per heavy atom. The second kappa shape index (κ2) is 4.09. The Morgan fingerprint density at radius 2 is 2.25 bits per heavy atom. The molecule has 0 aliphatic carbocycles. The maximum absolute atomic E-state index is 12.7. The van der Waals surface area contributed by atoms with Crippen LogP contribution in [0, 0.1) is 5.82 Å². The van der Waals surface area contributed by atoms with Gasteiger partial charge in [-0.3, -0.25) is 4.79 Å². The van der Waals surface area contributed by atoms with Crippen LogP contribution >= 0.6 is 0 Å². The summed E-state index contributed by atoms with van der Waals surface area (Å²) in [6.07, 6.45) is 0.0276. The fourth-order valence-electron chi connectivity index (χ4n) is 1.78. The first-order chi connectivity index (χ1) is 7.58. The average molecular weight is 225 g/mol. The summed E-state index contributed by atoms with van der Waals surface area (Å²) in [5.41, 5.74) is 0.0653. The van der Waals surface area contributed by atoms with E-state index in [1.807, 2.05) is 0 Å². The van der Waals surface area contributed by atoms with E-state index >= 15 is 0 Å². The van der Waals surface area contributed by atoms with Gasteiger partial charge >= 0.3 is 0 Å². The van der Waals surface area contributed by atoms with E-state index in [1.54, 1.807) is 0 Å². The van der Waals surface area contributed by atoms with Gasteiger partial charge in [-0.2, -0.15) is 0 Å². The number of phenols is 1. The van der Waals surface area contributed by atoms with Crippen molar-refractivity contribution in [2.45, 2.75) is 12.5 Å². The zero-order chi connectivity index (χ0) is 11.7. The highest BCUT2D eigenvalue weighted by Gasteiger charge is 2.26. The second-order valence-electron chi connectivity index (χ2n) is 3.86. The molecule has 1 atom stereocenters. The zero-order valence-corrected chi connectivity index (χ0v) is 8.56. The molecule has 1 fully saturated rings. The van der Waals surface area contributed by atoms with Crippen LogP contribution in [0.1, 0.15) is 16.8 Å². The number of β-amino-alcohol motifs (C(OH)–C–C–N with tert-alkyl or cyclic N) is 1. The minimum Gasteiger partial charge on any atom is -0.507 e. The summed E-state index contributed by atoms with van der Waals surface area (Å²) in [6.45, 7) is 0.715. The highest BCUT2D eigenvalue weighted by atomic mass is 19.1. The molecule has 1 amide bonds. The molecule has 1 aromatic rings. The maximum atomic E-state index is 12.7. The Morgan fingerprint density at radius 1 is 1.50 bits per heavy atom. The predicted molar refractivity (Wildman–Crippen MR) is 54.6 cm³/mol. The van der Waals surface area contributed by atoms with Crippen molar-refractivity contribution in [2.24, 2.45) is 0 Å². The molecule has 1 heterocycles. The molecule has 1 saturated heterocycles. The second-order valence-corrected chi connectivity index (χ2v) is 3.86. The number of amides is 1. The number of likely N-dealkylation sites (tertiary alicyclic amines) is 1. The summed E-state index contributed by atoms with van der Waals surface area (Å²) in [4.78, 5) is 13.3. The highest BCUT2D eigenvalue weighted by molar-refractivity contribution is 5.97. The topological polar surface area (TPSA) is 60.8 Å². The van der Waals surface area contributed by atoms with E-state index in [1.165, 1.54) is 11.0 Å². The predicted octanol–water partition coefficient (Wildman–Crippen LogP) is 0.738. The molecule has 0 spiro atoms. The Labute approximate surface area is 91.9 Å². The molecule has 1 unspecified atom stereocenters. The summed E-state index contributed by atoms with van der Waals surface area (Å²) in [5, 5.41) is 18.7. The van der Waals surface area contributed by atoms with Crippen molar-refractivity contribution >= 4 is 5.91 Å². The van der Waals surface area contributed by atoms with Crippen molar-refractivity contribution in [3.05, 3.63) is 29.6 Å². The normalized spacial score (nSPS) is 20.1. The van der Waals surface area contributed by atoms with Gasteiger partial charge in [-0.05, 0) is 18.6 Å². The van der Waals surface area contributed by atoms with Gasteiger partial charge in [0.1, 0.15) is 11.6 Å². The number of halogens is 1. The first kappa shape index (κ1) is 10.9. The molecular formula is C11H12FNO3. The minimum atomic E-state index is -0.587. The van der Waals surface area contributed by atoms with Crippen LogP contribution in [0.4, 0.5) is 4.39 Å². The lowest BCUT2D eigenvalue weighted by Gasteiger charge is -2.16. The molecule has 2 rings (SSSR count). The number of hydrogen-bond acceptors (Lipinski definition) is 3. The summed E-state index contributed by atoms with van der Waals surface area (Å²) in [5.74, 6) is -1.34. The number of carbonyl (C=O) groups is 1. The molecule has 5 heteroatoms. The molecule has 1 aliphatic heterocycles. The maximum Gasteiger partial charge on any atom is 0.257 e. The fourth-order valence-corrected chi connectivity index (χ4v) is 1.78. The lowest BCUT2D eigenvalue weighted by Crippen LogP contribution is -2.29. The van der Waals surface area contributed by atoms with Crippen molar-refractivity contribution in [2.75, 3.05) is 13.1 Å². The molecule has 1 aliphatic rings. The average Bonchev–Trinajstić information content (AvgIpc) is 2.64. The largest absolute Gasteiger partial charge is 0.507 e. The van der Waals surface area contributed by atoms with Crippen LogP contribution in [-0.4, -0.2) is 40.2 Å². The van der Waals surface area contributed by atoms with E-state index in [0.717, 1.165) is 12.1 Å². The lowest BCUT2D eigenvalue weighted by atomic mass is 10.1. The summed E-state index contributed by atoms with van der Waals surface area (Å²) in [6, 6.07) is 3.27. The Bertz CT molecular complexity index is 422. The fraction of sp³-hybridized carbons (Fsp3) is 0.364. The van der Waals surface area contributed by atoms with Crippen LogP contribution in [0.3, 0.4) is 0 Å². The minimum absolute atomic E-state index is 0.0653. The van der Waals surface area contributed by atoms with Gasteiger partial charge < -0.3 is 15.1 Å². The number of aromatic hydroxyl groups is 1. The molecule has 0 saturated carbocycles. The number of phenolic OH excluding ortho intramolecular Hbond substituents is 1. The van der Waals surface area contributed by atoms with Crippen LogP contribution in [0.25, 0.3) is 0 Å². The summed E-state index contributed by atoms with van der Waals surface area (Å²) in [7, 11) is 0. The molecule has 2 N–H and O–H groups in total. The van der Waals surface area contributed by atoms with Crippen LogP contribution in [0.15, 0.2) is 18.2 Å².